The monoisotopic (exact) mass is 390 g/mol. The molecule has 2 aromatic rings. The summed E-state index contributed by atoms with van der Waals surface area (Å²) in [4.78, 5) is 24.3. The van der Waals surface area contributed by atoms with Crippen molar-refractivity contribution >= 4 is 17.5 Å². The second-order valence-corrected chi connectivity index (χ2v) is 5.53. The predicted octanol–water partition coefficient (Wildman–Crippen LogP) is 2.53. The van der Waals surface area contributed by atoms with Crippen LogP contribution in [0, 0.1) is 0 Å². The van der Waals surface area contributed by atoms with Crippen LogP contribution in [0.1, 0.15) is 54.6 Å². The standard InChI is InChI=1S/C15H18F4N6O2/c1-4-24-6-9(11(23-24)15(27)20-3)21-14(26)7(2)25-10(13(18)19)5-8(22-25)12(16)17/h5-7,12-13H,4H2,1-3H3,(H,20,27)(H,21,26). The number of halogens is 4. The molecule has 2 heterocycles. The number of alkyl halides is 4. The molecule has 0 aliphatic heterocycles. The van der Waals surface area contributed by atoms with Crippen LogP contribution in [0.3, 0.4) is 0 Å². The molecule has 148 valence electrons. The lowest BCUT2D eigenvalue weighted by Crippen LogP contribution is -2.27. The van der Waals surface area contributed by atoms with Crippen molar-refractivity contribution in [3.8, 4) is 0 Å². The summed E-state index contributed by atoms with van der Waals surface area (Å²) < 4.78 is 53.7. The number of carbonyl (C=O) groups is 2. The lowest BCUT2D eigenvalue weighted by molar-refractivity contribution is -0.119. The summed E-state index contributed by atoms with van der Waals surface area (Å²) in [5, 5.41) is 12.2. The Hall–Kier alpha value is -2.92. The number of nitrogens with zero attached hydrogens (tertiary/aromatic N) is 4. The fourth-order valence-corrected chi connectivity index (χ4v) is 2.32. The maximum Gasteiger partial charge on any atom is 0.282 e. The molecular weight excluding hydrogens is 372 g/mol. The molecular formula is C15H18F4N6O2. The van der Waals surface area contributed by atoms with Crippen LogP contribution in [0.25, 0.3) is 0 Å². The van der Waals surface area contributed by atoms with E-state index in [-0.39, 0.29) is 11.4 Å². The van der Waals surface area contributed by atoms with Gasteiger partial charge in [-0.1, -0.05) is 0 Å². The second-order valence-electron chi connectivity index (χ2n) is 5.53. The molecule has 0 fully saturated rings. The molecule has 27 heavy (non-hydrogen) atoms. The Morgan fingerprint density at radius 2 is 1.85 bits per heavy atom. The molecule has 0 saturated carbocycles. The van der Waals surface area contributed by atoms with Crippen molar-refractivity contribution in [2.24, 2.45) is 0 Å². The summed E-state index contributed by atoms with van der Waals surface area (Å²) in [6, 6.07) is -0.770. The first-order valence-electron chi connectivity index (χ1n) is 7.95. The fourth-order valence-electron chi connectivity index (χ4n) is 2.32. The summed E-state index contributed by atoms with van der Waals surface area (Å²) in [5.41, 5.74) is -1.66. The molecule has 0 bridgehead atoms. The van der Waals surface area contributed by atoms with Gasteiger partial charge in [0.2, 0.25) is 5.91 Å². The lowest BCUT2D eigenvalue weighted by atomic mass is 10.2. The third kappa shape index (κ3) is 4.26. The maximum atomic E-state index is 13.1. The minimum Gasteiger partial charge on any atom is -0.354 e. The number of aryl methyl sites for hydroxylation is 1. The predicted molar refractivity (Wildman–Crippen MR) is 86.8 cm³/mol. The minimum atomic E-state index is -3.09. The SMILES string of the molecule is CCn1cc(NC(=O)C(C)n2nc(C(F)F)cc2C(F)F)c(C(=O)NC)n1. The zero-order chi connectivity index (χ0) is 20.3. The molecule has 12 heteroatoms. The van der Waals surface area contributed by atoms with Crippen molar-refractivity contribution < 1.29 is 27.2 Å². The van der Waals surface area contributed by atoms with Gasteiger partial charge in [-0.3, -0.25) is 19.0 Å². The van der Waals surface area contributed by atoms with Gasteiger partial charge in [0, 0.05) is 19.8 Å². The lowest BCUT2D eigenvalue weighted by Gasteiger charge is -2.15. The molecule has 8 nitrogen and oxygen atoms in total. The molecule has 0 spiro atoms. The highest BCUT2D eigenvalue weighted by atomic mass is 19.3. The van der Waals surface area contributed by atoms with Gasteiger partial charge >= 0.3 is 0 Å². The number of aromatic nitrogens is 4. The topological polar surface area (TPSA) is 93.8 Å². The van der Waals surface area contributed by atoms with E-state index in [1.165, 1.54) is 24.9 Å². The molecule has 0 aliphatic rings. The molecule has 0 saturated heterocycles. The van der Waals surface area contributed by atoms with Crippen LogP contribution in [0.15, 0.2) is 12.3 Å². The molecule has 0 aliphatic carbocycles. The van der Waals surface area contributed by atoms with Gasteiger partial charge in [0.15, 0.2) is 5.69 Å². The third-order valence-electron chi connectivity index (χ3n) is 3.76. The smallest absolute Gasteiger partial charge is 0.282 e. The summed E-state index contributed by atoms with van der Waals surface area (Å²) in [6.45, 7) is 3.41. The highest BCUT2D eigenvalue weighted by molar-refractivity contribution is 6.02. The second kappa shape index (κ2) is 8.18. The van der Waals surface area contributed by atoms with Crippen molar-refractivity contribution in [3.63, 3.8) is 0 Å². The molecule has 1 atom stereocenters. The number of anilines is 1. The molecule has 0 radical (unpaired) electrons. The Bertz CT molecular complexity index is 832. The molecule has 2 amide bonds. The molecule has 2 aromatic heterocycles. The normalized spacial score (nSPS) is 12.5. The van der Waals surface area contributed by atoms with Crippen molar-refractivity contribution in [3.05, 3.63) is 29.3 Å². The molecule has 0 aromatic carbocycles. The van der Waals surface area contributed by atoms with Crippen LogP contribution in [0.2, 0.25) is 0 Å². The van der Waals surface area contributed by atoms with Gasteiger partial charge in [0.05, 0.1) is 5.69 Å². The van der Waals surface area contributed by atoms with Crippen molar-refractivity contribution in [2.75, 3.05) is 12.4 Å². The highest BCUT2D eigenvalue weighted by Crippen LogP contribution is 2.28. The van der Waals surface area contributed by atoms with Crippen LogP contribution in [0.4, 0.5) is 23.2 Å². The van der Waals surface area contributed by atoms with Gasteiger partial charge in [-0.25, -0.2) is 17.6 Å². The van der Waals surface area contributed by atoms with Gasteiger partial charge in [-0.05, 0) is 19.9 Å². The van der Waals surface area contributed by atoms with Gasteiger partial charge in [-0.2, -0.15) is 10.2 Å². The summed E-state index contributed by atoms with van der Waals surface area (Å²) in [6.07, 6.45) is -4.75. The van der Waals surface area contributed by atoms with E-state index in [9.17, 15) is 27.2 Å². The fraction of sp³-hybridized carbons (Fsp3) is 0.467. The van der Waals surface area contributed by atoms with E-state index in [2.05, 4.69) is 20.8 Å². The average Bonchev–Trinajstić information content (AvgIpc) is 3.24. The Balaban J connectivity index is 2.31. The minimum absolute atomic E-state index is 0.0629. The number of rotatable bonds is 7. The van der Waals surface area contributed by atoms with Crippen LogP contribution >= 0.6 is 0 Å². The Morgan fingerprint density at radius 1 is 1.19 bits per heavy atom. The van der Waals surface area contributed by atoms with Gasteiger partial charge < -0.3 is 10.6 Å². The molecule has 2 N–H and O–H groups in total. The number of nitrogens with one attached hydrogen (secondary N) is 2. The summed E-state index contributed by atoms with van der Waals surface area (Å²) in [5.74, 6) is -1.38. The first kappa shape index (κ1) is 20.4. The maximum absolute atomic E-state index is 13.1. The zero-order valence-electron chi connectivity index (χ0n) is 14.7. The zero-order valence-corrected chi connectivity index (χ0v) is 14.7. The van der Waals surface area contributed by atoms with Crippen molar-refractivity contribution in [1.82, 2.24) is 24.9 Å². The van der Waals surface area contributed by atoms with Crippen LogP contribution in [-0.4, -0.2) is 38.4 Å². The summed E-state index contributed by atoms with van der Waals surface area (Å²) >= 11 is 0. The van der Waals surface area contributed by atoms with Crippen molar-refractivity contribution in [1.29, 1.82) is 0 Å². The van der Waals surface area contributed by atoms with E-state index in [0.29, 0.717) is 17.3 Å². The Morgan fingerprint density at radius 3 is 2.37 bits per heavy atom. The first-order chi connectivity index (χ1) is 12.7. The van der Waals surface area contributed by atoms with Crippen LogP contribution < -0.4 is 10.6 Å². The molecule has 2 rings (SSSR count). The highest BCUT2D eigenvalue weighted by Gasteiger charge is 2.28. The Kier molecular flexibility index (Phi) is 6.18. The van der Waals surface area contributed by atoms with E-state index >= 15 is 0 Å². The van der Waals surface area contributed by atoms with Gasteiger partial charge in [-0.15, -0.1) is 0 Å². The quantitative estimate of drug-likeness (QED) is 0.711. The number of hydrogen-bond donors (Lipinski definition) is 2. The van der Waals surface area contributed by atoms with E-state index in [4.69, 9.17) is 0 Å². The van der Waals surface area contributed by atoms with Crippen LogP contribution in [0.5, 0.6) is 0 Å². The Labute approximate surface area is 151 Å². The largest absolute Gasteiger partial charge is 0.354 e. The number of hydrogen-bond acceptors (Lipinski definition) is 4. The first-order valence-corrected chi connectivity index (χ1v) is 7.95. The summed E-state index contributed by atoms with van der Waals surface area (Å²) in [7, 11) is 1.38. The third-order valence-corrected chi connectivity index (χ3v) is 3.76. The number of amides is 2. The van der Waals surface area contributed by atoms with Crippen LogP contribution in [-0.2, 0) is 11.3 Å². The number of carbonyl (C=O) groups excluding carboxylic acids is 2. The molecule has 1 unspecified atom stereocenters. The van der Waals surface area contributed by atoms with E-state index < -0.39 is 42.1 Å². The van der Waals surface area contributed by atoms with Crippen molar-refractivity contribution in [2.45, 2.75) is 39.3 Å². The average molecular weight is 390 g/mol. The van der Waals surface area contributed by atoms with Gasteiger partial charge in [0.25, 0.3) is 18.8 Å². The van der Waals surface area contributed by atoms with E-state index in [1.54, 1.807) is 6.92 Å². The van der Waals surface area contributed by atoms with E-state index in [1.807, 2.05) is 0 Å². The van der Waals surface area contributed by atoms with Gasteiger partial charge in [0.1, 0.15) is 17.4 Å². The van der Waals surface area contributed by atoms with E-state index in [0.717, 1.165) is 0 Å².